The molecule has 1 aliphatic heterocycles. The molecule has 0 aromatic heterocycles. The van der Waals surface area contributed by atoms with Crippen LogP contribution in [0.15, 0.2) is 66.7 Å². The van der Waals surface area contributed by atoms with Crippen LogP contribution in [0.4, 0.5) is 0 Å². The molecule has 29 heavy (non-hydrogen) atoms. The lowest BCUT2D eigenvalue weighted by molar-refractivity contribution is 0.174. The molecular formula is C26H26O3. The zero-order valence-corrected chi connectivity index (χ0v) is 16.9. The van der Waals surface area contributed by atoms with Gasteiger partial charge in [-0.05, 0) is 64.8 Å². The van der Waals surface area contributed by atoms with E-state index in [1.807, 2.05) is 18.2 Å². The van der Waals surface area contributed by atoms with E-state index in [9.17, 15) is 0 Å². The van der Waals surface area contributed by atoms with Crippen LogP contribution in [0, 0.1) is 11.8 Å². The molecule has 0 saturated heterocycles. The SMILES string of the molecule is C[C@@H]1[C@@H](c2ccc(OCc3ccccc3)cc2)c2cc3c(cc2C[C@H]1C)OCO3. The molecule has 0 spiro atoms. The van der Waals surface area contributed by atoms with Crippen LogP contribution in [0.5, 0.6) is 17.2 Å². The van der Waals surface area contributed by atoms with E-state index in [1.54, 1.807) is 0 Å². The molecular weight excluding hydrogens is 360 g/mol. The molecule has 0 unspecified atom stereocenters. The first kappa shape index (κ1) is 18.1. The van der Waals surface area contributed by atoms with Crippen LogP contribution in [-0.2, 0) is 13.0 Å². The molecule has 5 rings (SSSR count). The summed E-state index contributed by atoms with van der Waals surface area (Å²) in [6.45, 7) is 5.62. The van der Waals surface area contributed by atoms with Crippen molar-refractivity contribution in [3.8, 4) is 17.2 Å². The molecule has 1 aliphatic carbocycles. The Morgan fingerprint density at radius 2 is 1.62 bits per heavy atom. The molecule has 0 saturated carbocycles. The van der Waals surface area contributed by atoms with Crippen LogP contribution in [0.2, 0.25) is 0 Å². The predicted molar refractivity (Wildman–Crippen MR) is 114 cm³/mol. The van der Waals surface area contributed by atoms with Crippen LogP contribution < -0.4 is 14.2 Å². The van der Waals surface area contributed by atoms with Crippen molar-refractivity contribution in [2.24, 2.45) is 11.8 Å². The normalized spacial score (nSPS) is 22.2. The van der Waals surface area contributed by atoms with Gasteiger partial charge in [-0.15, -0.1) is 0 Å². The van der Waals surface area contributed by atoms with Crippen molar-refractivity contribution in [3.63, 3.8) is 0 Å². The summed E-state index contributed by atoms with van der Waals surface area (Å²) in [5.41, 5.74) is 5.26. The maximum absolute atomic E-state index is 5.98. The lowest BCUT2D eigenvalue weighted by Crippen LogP contribution is -2.26. The van der Waals surface area contributed by atoms with E-state index in [-0.39, 0.29) is 0 Å². The van der Waals surface area contributed by atoms with Gasteiger partial charge in [-0.2, -0.15) is 0 Å². The van der Waals surface area contributed by atoms with Gasteiger partial charge in [0.05, 0.1) is 0 Å². The Kier molecular flexibility index (Phi) is 4.67. The first-order chi connectivity index (χ1) is 14.2. The Morgan fingerprint density at radius 3 is 2.38 bits per heavy atom. The number of hydrogen-bond acceptors (Lipinski definition) is 3. The van der Waals surface area contributed by atoms with Crippen LogP contribution in [0.25, 0.3) is 0 Å². The summed E-state index contributed by atoms with van der Waals surface area (Å²) in [6.07, 6.45) is 1.09. The molecule has 3 aromatic rings. The summed E-state index contributed by atoms with van der Waals surface area (Å²) in [5, 5.41) is 0. The molecule has 148 valence electrons. The maximum atomic E-state index is 5.98. The van der Waals surface area contributed by atoms with Crippen molar-refractivity contribution in [1.29, 1.82) is 0 Å². The van der Waals surface area contributed by atoms with E-state index in [0.717, 1.165) is 23.7 Å². The fourth-order valence-corrected chi connectivity index (χ4v) is 4.61. The van der Waals surface area contributed by atoms with Gasteiger partial charge in [0.1, 0.15) is 12.4 Å². The summed E-state index contributed by atoms with van der Waals surface area (Å²) in [4.78, 5) is 0. The smallest absolute Gasteiger partial charge is 0.231 e. The van der Waals surface area contributed by atoms with Gasteiger partial charge in [-0.25, -0.2) is 0 Å². The molecule has 0 fully saturated rings. The third-order valence-corrected chi connectivity index (χ3v) is 6.42. The van der Waals surface area contributed by atoms with Crippen molar-refractivity contribution in [2.75, 3.05) is 6.79 Å². The predicted octanol–water partition coefficient (Wildman–Crippen LogP) is 5.95. The Bertz CT molecular complexity index is 994. The number of ether oxygens (including phenoxy) is 3. The van der Waals surface area contributed by atoms with Gasteiger partial charge in [0.15, 0.2) is 11.5 Å². The molecule has 3 atom stereocenters. The van der Waals surface area contributed by atoms with Gasteiger partial charge in [-0.1, -0.05) is 56.3 Å². The number of benzene rings is 3. The van der Waals surface area contributed by atoms with Gasteiger partial charge in [0.2, 0.25) is 6.79 Å². The number of fused-ring (bicyclic) bond motifs is 2. The molecule has 0 N–H and O–H groups in total. The first-order valence-corrected chi connectivity index (χ1v) is 10.4. The maximum Gasteiger partial charge on any atom is 0.231 e. The van der Waals surface area contributed by atoms with Crippen LogP contribution in [0.1, 0.15) is 42.0 Å². The Balaban J connectivity index is 1.41. The molecule has 3 nitrogen and oxygen atoms in total. The van der Waals surface area contributed by atoms with E-state index in [0.29, 0.717) is 31.2 Å². The third-order valence-electron chi connectivity index (χ3n) is 6.42. The summed E-state index contributed by atoms with van der Waals surface area (Å²) in [6, 6.07) is 23.3. The Hall–Kier alpha value is -2.94. The Labute approximate surface area is 172 Å². The quantitative estimate of drug-likeness (QED) is 0.554. The molecule has 2 aliphatic rings. The van der Waals surface area contributed by atoms with E-state index >= 15 is 0 Å². The van der Waals surface area contributed by atoms with Crippen molar-refractivity contribution >= 4 is 0 Å². The first-order valence-electron chi connectivity index (χ1n) is 10.4. The van der Waals surface area contributed by atoms with E-state index in [1.165, 1.54) is 22.3 Å². The highest BCUT2D eigenvalue weighted by Gasteiger charge is 2.34. The molecule has 0 amide bonds. The van der Waals surface area contributed by atoms with Gasteiger partial charge in [0, 0.05) is 5.92 Å². The summed E-state index contributed by atoms with van der Waals surface area (Å²) < 4.78 is 17.2. The fourth-order valence-electron chi connectivity index (χ4n) is 4.61. The second-order valence-electron chi connectivity index (χ2n) is 8.27. The average molecular weight is 386 g/mol. The third kappa shape index (κ3) is 3.46. The van der Waals surface area contributed by atoms with Crippen molar-refractivity contribution in [3.05, 3.63) is 89.0 Å². The standard InChI is InChI=1S/C26H26O3/c1-17-12-21-13-24-25(29-16-28-24)14-23(21)26(18(17)2)20-8-10-22(11-9-20)27-15-19-6-4-3-5-7-19/h3-11,13-14,17-18,26H,12,15-16H2,1-2H3/t17-,18+,26+/m1/s1. The highest BCUT2D eigenvalue weighted by atomic mass is 16.7. The number of hydrogen-bond donors (Lipinski definition) is 0. The second-order valence-corrected chi connectivity index (χ2v) is 8.27. The summed E-state index contributed by atoms with van der Waals surface area (Å²) in [7, 11) is 0. The van der Waals surface area contributed by atoms with Gasteiger partial charge >= 0.3 is 0 Å². The van der Waals surface area contributed by atoms with E-state index in [2.05, 4.69) is 62.4 Å². The lowest BCUT2D eigenvalue weighted by atomic mass is 9.68. The van der Waals surface area contributed by atoms with Gasteiger partial charge < -0.3 is 14.2 Å². The molecule has 3 heteroatoms. The molecule has 0 radical (unpaired) electrons. The largest absolute Gasteiger partial charge is 0.489 e. The molecule has 0 bridgehead atoms. The van der Waals surface area contributed by atoms with E-state index < -0.39 is 0 Å². The lowest BCUT2D eigenvalue weighted by Gasteiger charge is -2.36. The monoisotopic (exact) mass is 386 g/mol. The topological polar surface area (TPSA) is 27.7 Å². The number of rotatable bonds is 4. The molecule has 1 heterocycles. The minimum atomic E-state index is 0.321. The Morgan fingerprint density at radius 1 is 0.897 bits per heavy atom. The minimum Gasteiger partial charge on any atom is -0.489 e. The zero-order valence-electron chi connectivity index (χ0n) is 16.9. The second kappa shape index (κ2) is 7.47. The van der Waals surface area contributed by atoms with Crippen molar-refractivity contribution in [2.45, 2.75) is 32.8 Å². The zero-order chi connectivity index (χ0) is 19.8. The highest BCUT2D eigenvalue weighted by molar-refractivity contribution is 5.53. The van der Waals surface area contributed by atoms with Crippen molar-refractivity contribution < 1.29 is 14.2 Å². The average Bonchev–Trinajstić information content (AvgIpc) is 3.20. The summed E-state index contributed by atoms with van der Waals surface area (Å²) in [5.74, 6) is 4.18. The van der Waals surface area contributed by atoms with Gasteiger partial charge in [-0.3, -0.25) is 0 Å². The molecule has 3 aromatic carbocycles. The van der Waals surface area contributed by atoms with Crippen LogP contribution in [-0.4, -0.2) is 6.79 Å². The summed E-state index contributed by atoms with van der Waals surface area (Å²) >= 11 is 0. The van der Waals surface area contributed by atoms with Crippen LogP contribution >= 0.6 is 0 Å². The van der Waals surface area contributed by atoms with Crippen molar-refractivity contribution in [1.82, 2.24) is 0 Å². The van der Waals surface area contributed by atoms with E-state index in [4.69, 9.17) is 14.2 Å². The fraction of sp³-hybridized carbons (Fsp3) is 0.308. The van der Waals surface area contributed by atoms with Gasteiger partial charge in [0.25, 0.3) is 0 Å². The highest BCUT2D eigenvalue weighted by Crippen LogP contribution is 2.47. The van der Waals surface area contributed by atoms with Crippen LogP contribution in [0.3, 0.4) is 0 Å². The minimum absolute atomic E-state index is 0.321.